The first-order chi connectivity index (χ1) is 11.6. The van der Waals surface area contributed by atoms with Crippen molar-refractivity contribution in [3.63, 3.8) is 0 Å². The van der Waals surface area contributed by atoms with Crippen LogP contribution in [-0.2, 0) is 0 Å². The van der Waals surface area contributed by atoms with Crippen LogP contribution >= 0.6 is 57.2 Å². The molecule has 0 radical (unpaired) electrons. The van der Waals surface area contributed by atoms with Gasteiger partial charge in [-0.1, -0.05) is 35.3 Å². The van der Waals surface area contributed by atoms with Gasteiger partial charge < -0.3 is 5.32 Å². The minimum absolute atomic E-state index is 0.270. The molecule has 8 heteroatoms. The number of anilines is 1. The largest absolute Gasteiger partial charge is 0.313 e. The number of hydrogen-bond donors (Lipinski definition) is 1. The van der Waals surface area contributed by atoms with Crippen molar-refractivity contribution in [1.29, 1.82) is 0 Å². The fourth-order valence-corrected chi connectivity index (χ4v) is 5.53. The summed E-state index contributed by atoms with van der Waals surface area (Å²) >= 11 is 16.2. The number of hydrogen-bond acceptors (Lipinski definition) is 5. The highest BCUT2D eigenvalue weighted by atomic mass is 35.5. The summed E-state index contributed by atoms with van der Waals surface area (Å²) in [5.74, 6) is -0.270. The van der Waals surface area contributed by atoms with E-state index in [1.165, 1.54) is 22.7 Å². The molecule has 0 aliphatic rings. The molecule has 120 valence electrons. The summed E-state index contributed by atoms with van der Waals surface area (Å²) in [6, 6.07) is 11.5. The summed E-state index contributed by atoms with van der Waals surface area (Å²) in [7, 11) is 0. The lowest BCUT2D eigenvalue weighted by atomic mass is 10.3. The van der Waals surface area contributed by atoms with Crippen LogP contribution in [0.5, 0.6) is 0 Å². The molecule has 0 bridgehead atoms. The van der Waals surface area contributed by atoms with Crippen molar-refractivity contribution in [2.45, 2.75) is 0 Å². The van der Waals surface area contributed by atoms with Gasteiger partial charge in [-0.2, -0.15) is 0 Å². The molecule has 0 unspecified atom stereocenters. The maximum atomic E-state index is 12.4. The molecule has 0 atom stereocenters. The van der Waals surface area contributed by atoms with Crippen LogP contribution in [0.4, 0.5) is 5.00 Å². The molecule has 24 heavy (non-hydrogen) atoms. The molecule has 4 aromatic rings. The Hall–Kier alpha value is -1.44. The molecule has 0 saturated heterocycles. The van der Waals surface area contributed by atoms with Crippen molar-refractivity contribution in [2.24, 2.45) is 0 Å². The smallest absolute Gasteiger partial charge is 0.258 e. The first kappa shape index (κ1) is 16.1. The Morgan fingerprint density at radius 3 is 2.71 bits per heavy atom. The van der Waals surface area contributed by atoms with Gasteiger partial charge in [-0.05, 0) is 29.6 Å². The van der Waals surface area contributed by atoms with Gasteiger partial charge >= 0.3 is 0 Å². The van der Waals surface area contributed by atoms with Gasteiger partial charge in [0, 0.05) is 5.56 Å². The summed E-state index contributed by atoms with van der Waals surface area (Å²) in [5.41, 5.74) is 2.25. The molecule has 0 saturated carbocycles. The van der Waals surface area contributed by atoms with Crippen LogP contribution in [0.15, 0.2) is 41.8 Å². The van der Waals surface area contributed by atoms with Crippen molar-refractivity contribution >= 4 is 78.3 Å². The number of halogens is 2. The van der Waals surface area contributed by atoms with E-state index in [1.54, 1.807) is 17.4 Å². The van der Waals surface area contributed by atoms with Crippen molar-refractivity contribution in [3.8, 4) is 10.6 Å². The molecule has 0 spiro atoms. The molecule has 1 aromatic carbocycles. The van der Waals surface area contributed by atoms with Gasteiger partial charge in [0.15, 0.2) is 0 Å². The van der Waals surface area contributed by atoms with E-state index in [0.717, 1.165) is 25.8 Å². The van der Waals surface area contributed by atoms with E-state index in [9.17, 15) is 4.79 Å². The number of carbonyl (C=O) groups is 1. The zero-order chi connectivity index (χ0) is 16.7. The molecule has 3 heterocycles. The monoisotopic (exact) mass is 410 g/mol. The Labute approximate surface area is 159 Å². The number of thiophene rings is 2. The van der Waals surface area contributed by atoms with E-state index in [1.807, 2.05) is 35.7 Å². The quantitative estimate of drug-likeness (QED) is 0.410. The number of nitrogens with zero attached hydrogens (tertiary/aromatic N) is 1. The summed E-state index contributed by atoms with van der Waals surface area (Å²) in [6.07, 6.45) is 0. The van der Waals surface area contributed by atoms with Gasteiger partial charge in [-0.3, -0.25) is 4.79 Å². The minimum Gasteiger partial charge on any atom is -0.313 e. The molecule has 3 aromatic heterocycles. The molecule has 1 amide bonds. The number of para-hydroxylation sites is 1. The topological polar surface area (TPSA) is 42.0 Å². The number of amides is 1. The number of benzene rings is 1. The summed E-state index contributed by atoms with van der Waals surface area (Å²) in [6.45, 7) is 0. The first-order valence-corrected chi connectivity index (χ1v) is 10.1. The van der Waals surface area contributed by atoms with Gasteiger partial charge in [0.1, 0.15) is 14.3 Å². The maximum Gasteiger partial charge on any atom is 0.258 e. The fraction of sp³-hybridized carbons (Fsp3) is 0. The number of thiazole rings is 1. The van der Waals surface area contributed by atoms with E-state index in [4.69, 9.17) is 23.2 Å². The number of fused-ring (bicyclic) bond motifs is 1. The second kappa shape index (κ2) is 6.46. The van der Waals surface area contributed by atoms with E-state index < -0.39 is 0 Å². The molecular weight excluding hydrogens is 403 g/mol. The normalized spacial score (nSPS) is 11.1. The summed E-state index contributed by atoms with van der Waals surface area (Å²) < 4.78 is 1.99. The van der Waals surface area contributed by atoms with Crippen molar-refractivity contribution in [1.82, 2.24) is 4.98 Å². The highest BCUT2D eigenvalue weighted by Crippen LogP contribution is 2.38. The van der Waals surface area contributed by atoms with Crippen LogP contribution in [-0.4, -0.2) is 10.9 Å². The molecule has 1 N–H and O–H groups in total. The first-order valence-electron chi connectivity index (χ1n) is 6.81. The Morgan fingerprint density at radius 2 is 1.96 bits per heavy atom. The lowest BCUT2D eigenvalue weighted by Crippen LogP contribution is -2.10. The predicted molar refractivity (Wildman–Crippen MR) is 105 cm³/mol. The van der Waals surface area contributed by atoms with E-state index >= 15 is 0 Å². The third-order valence-corrected chi connectivity index (χ3v) is 6.71. The second-order valence-corrected chi connectivity index (χ2v) is 9.07. The summed E-state index contributed by atoms with van der Waals surface area (Å²) in [5, 5.41) is 6.47. The average molecular weight is 411 g/mol. The van der Waals surface area contributed by atoms with E-state index in [2.05, 4.69) is 10.3 Å². The van der Waals surface area contributed by atoms with E-state index in [-0.39, 0.29) is 5.91 Å². The van der Waals surface area contributed by atoms with Crippen LogP contribution < -0.4 is 5.32 Å². The highest BCUT2D eigenvalue weighted by Gasteiger charge is 2.18. The molecule has 0 aliphatic carbocycles. The van der Waals surface area contributed by atoms with Crippen LogP contribution in [0.1, 0.15) is 10.4 Å². The Morgan fingerprint density at radius 1 is 1.12 bits per heavy atom. The van der Waals surface area contributed by atoms with Gasteiger partial charge in [0.25, 0.3) is 5.91 Å². The van der Waals surface area contributed by atoms with Crippen LogP contribution in [0.2, 0.25) is 8.67 Å². The average Bonchev–Trinajstić information content (AvgIpc) is 3.24. The molecular formula is C16H8Cl2N2OS3. The molecule has 0 fully saturated rings. The van der Waals surface area contributed by atoms with Gasteiger partial charge in [-0.15, -0.1) is 34.0 Å². The number of nitrogens with one attached hydrogen (secondary N) is 1. The SMILES string of the molecule is O=C(Nc1sccc1-c1nc2ccccc2s1)c1cc(Cl)sc1Cl. The minimum atomic E-state index is -0.270. The standard InChI is InChI=1S/C16H8Cl2N2OS3/c17-12-7-9(13(18)24-12)14(21)20-15-8(5-6-22-15)16-19-10-3-1-2-4-11(10)23-16/h1-7H,(H,20,21). The number of aromatic nitrogens is 1. The number of carbonyl (C=O) groups excluding carboxylic acids is 1. The Balaban J connectivity index is 1.67. The van der Waals surface area contributed by atoms with E-state index in [0.29, 0.717) is 14.2 Å². The lowest BCUT2D eigenvalue weighted by Gasteiger charge is -2.03. The van der Waals surface area contributed by atoms with Gasteiger partial charge in [0.05, 0.1) is 20.1 Å². The zero-order valence-corrected chi connectivity index (χ0v) is 15.8. The molecule has 4 rings (SSSR count). The maximum absolute atomic E-state index is 12.4. The van der Waals surface area contributed by atoms with Gasteiger partial charge in [-0.25, -0.2) is 4.98 Å². The third kappa shape index (κ3) is 2.96. The van der Waals surface area contributed by atoms with Crippen molar-refractivity contribution in [2.75, 3.05) is 5.32 Å². The van der Waals surface area contributed by atoms with Gasteiger partial charge in [0.2, 0.25) is 0 Å². The van der Waals surface area contributed by atoms with Crippen molar-refractivity contribution < 1.29 is 4.79 Å². The predicted octanol–water partition coefficient (Wildman–Crippen LogP) is 6.65. The molecule has 0 aliphatic heterocycles. The second-order valence-electron chi connectivity index (χ2n) is 4.84. The van der Waals surface area contributed by atoms with Crippen LogP contribution in [0, 0.1) is 0 Å². The van der Waals surface area contributed by atoms with Crippen LogP contribution in [0.3, 0.4) is 0 Å². The Kier molecular flexibility index (Phi) is 4.32. The highest BCUT2D eigenvalue weighted by molar-refractivity contribution is 7.22. The lowest BCUT2D eigenvalue weighted by molar-refractivity contribution is 0.102. The number of rotatable bonds is 3. The molecule has 3 nitrogen and oxygen atoms in total. The fourth-order valence-electron chi connectivity index (χ4n) is 2.23. The Bertz CT molecular complexity index is 1020. The summed E-state index contributed by atoms with van der Waals surface area (Å²) in [4.78, 5) is 17.1. The van der Waals surface area contributed by atoms with Crippen molar-refractivity contribution in [3.05, 3.63) is 56.0 Å². The zero-order valence-electron chi connectivity index (χ0n) is 11.9. The van der Waals surface area contributed by atoms with Crippen LogP contribution in [0.25, 0.3) is 20.8 Å². The third-order valence-electron chi connectivity index (χ3n) is 3.32.